The molecular weight excluding hydrogens is 328 g/mol. The van der Waals surface area contributed by atoms with Crippen molar-refractivity contribution in [2.75, 3.05) is 7.11 Å². The van der Waals surface area contributed by atoms with Gasteiger partial charge in [0.2, 0.25) is 0 Å². The number of carbonyl (C=O) groups excluding carboxylic acids is 1. The van der Waals surface area contributed by atoms with Gasteiger partial charge >= 0.3 is 0 Å². The summed E-state index contributed by atoms with van der Waals surface area (Å²) in [5.41, 5.74) is 2.58. The van der Waals surface area contributed by atoms with Crippen LogP contribution in [-0.4, -0.2) is 12.9 Å². The predicted octanol–water partition coefficient (Wildman–Crippen LogP) is 4.99. The van der Waals surface area contributed by atoms with Gasteiger partial charge in [0.1, 0.15) is 5.75 Å². The monoisotopic (exact) mass is 346 g/mol. The van der Waals surface area contributed by atoms with Gasteiger partial charge in [0, 0.05) is 15.6 Å². The third-order valence-electron chi connectivity index (χ3n) is 3.43. The number of benzene rings is 2. The van der Waals surface area contributed by atoms with Crippen LogP contribution >= 0.6 is 15.9 Å². The first-order valence-corrected chi connectivity index (χ1v) is 7.61. The molecule has 0 spiro atoms. The molecule has 0 saturated carbocycles. The van der Waals surface area contributed by atoms with E-state index < -0.39 is 0 Å². The van der Waals surface area contributed by atoms with Crippen LogP contribution in [0.3, 0.4) is 0 Å². The van der Waals surface area contributed by atoms with Crippen molar-refractivity contribution in [3.63, 3.8) is 0 Å². The number of hydrogen-bond acceptors (Lipinski definition) is 2. The van der Waals surface area contributed by atoms with Gasteiger partial charge in [0.05, 0.1) is 7.11 Å². The Labute approximate surface area is 134 Å². The molecule has 0 bridgehead atoms. The lowest BCUT2D eigenvalue weighted by molar-refractivity contribution is 0.103. The van der Waals surface area contributed by atoms with Crippen molar-refractivity contribution in [1.82, 2.24) is 0 Å². The fraction of sp³-hybridized carbons (Fsp3) is 0.278. The topological polar surface area (TPSA) is 26.3 Å². The Bertz CT molecular complexity index is 652. The summed E-state index contributed by atoms with van der Waals surface area (Å²) in [5, 5.41) is 0. The molecule has 21 heavy (non-hydrogen) atoms. The number of methoxy groups -OCH3 is 1. The lowest BCUT2D eigenvalue weighted by atomic mass is 9.86. The van der Waals surface area contributed by atoms with Crippen molar-refractivity contribution in [2.24, 2.45) is 0 Å². The summed E-state index contributed by atoms with van der Waals surface area (Å²) in [4.78, 5) is 12.6. The summed E-state index contributed by atoms with van der Waals surface area (Å²) in [7, 11) is 1.59. The summed E-state index contributed by atoms with van der Waals surface area (Å²) in [6.07, 6.45) is 0. The van der Waals surface area contributed by atoms with Gasteiger partial charge in [-0.15, -0.1) is 0 Å². The summed E-state index contributed by atoms with van der Waals surface area (Å²) in [5.74, 6) is 0.661. The number of ether oxygens (including phenoxy) is 1. The maximum Gasteiger partial charge on any atom is 0.194 e. The van der Waals surface area contributed by atoms with E-state index in [1.54, 1.807) is 13.2 Å². The molecule has 3 heteroatoms. The SMILES string of the molecule is COc1ccc(Br)c(C(=O)c2ccc(C(C)(C)C)cc2)c1. The summed E-state index contributed by atoms with van der Waals surface area (Å²) >= 11 is 3.43. The molecule has 2 aromatic rings. The largest absolute Gasteiger partial charge is 0.497 e. The van der Waals surface area contributed by atoms with Crippen molar-refractivity contribution >= 4 is 21.7 Å². The minimum atomic E-state index is -0.0127. The van der Waals surface area contributed by atoms with Crippen LogP contribution in [-0.2, 0) is 5.41 Å². The van der Waals surface area contributed by atoms with Crippen LogP contribution in [0, 0.1) is 0 Å². The van der Waals surface area contributed by atoms with E-state index in [0.29, 0.717) is 16.9 Å². The third-order valence-corrected chi connectivity index (χ3v) is 4.12. The number of rotatable bonds is 3. The second-order valence-electron chi connectivity index (χ2n) is 6.00. The Morgan fingerprint density at radius 1 is 1.05 bits per heavy atom. The highest BCUT2D eigenvalue weighted by molar-refractivity contribution is 9.10. The van der Waals surface area contributed by atoms with Crippen LogP contribution in [0.5, 0.6) is 5.75 Å². The van der Waals surface area contributed by atoms with E-state index in [4.69, 9.17) is 4.74 Å². The van der Waals surface area contributed by atoms with Crippen LogP contribution in [0.1, 0.15) is 42.3 Å². The van der Waals surface area contributed by atoms with Crippen LogP contribution in [0.15, 0.2) is 46.9 Å². The molecule has 2 rings (SSSR count). The zero-order chi connectivity index (χ0) is 15.6. The Morgan fingerprint density at radius 3 is 2.19 bits per heavy atom. The molecule has 0 aromatic heterocycles. The van der Waals surface area contributed by atoms with Crippen LogP contribution in [0.25, 0.3) is 0 Å². The quantitative estimate of drug-likeness (QED) is 0.732. The molecule has 0 aliphatic heterocycles. The molecule has 0 fully saturated rings. The first-order chi connectivity index (χ1) is 9.82. The maximum absolute atomic E-state index is 12.6. The highest BCUT2D eigenvalue weighted by atomic mass is 79.9. The molecule has 2 aromatic carbocycles. The zero-order valence-electron chi connectivity index (χ0n) is 12.7. The Balaban J connectivity index is 2.36. The second-order valence-corrected chi connectivity index (χ2v) is 6.86. The third kappa shape index (κ3) is 3.53. The number of halogens is 1. The molecule has 0 aliphatic carbocycles. The predicted molar refractivity (Wildman–Crippen MR) is 89.3 cm³/mol. The molecule has 0 heterocycles. The minimum absolute atomic E-state index is 0.0127. The highest BCUT2D eigenvalue weighted by Crippen LogP contribution is 2.26. The fourth-order valence-electron chi connectivity index (χ4n) is 2.08. The van der Waals surface area contributed by atoms with Gasteiger partial charge in [-0.25, -0.2) is 0 Å². The van der Waals surface area contributed by atoms with E-state index in [1.807, 2.05) is 36.4 Å². The summed E-state index contributed by atoms with van der Waals surface area (Å²) < 4.78 is 5.96. The molecule has 0 saturated heterocycles. The Hall–Kier alpha value is -1.61. The molecule has 2 nitrogen and oxygen atoms in total. The van der Waals surface area contributed by atoms with Crippen molar-refractivity contribution < 1.29 is 9.53 Å². The van der Waals surface area contributed by atoms with E-state index in [0.717, 1.165) is 4.47 Å². The fourth-order valence-corrected chi connectivity index (χ4v) is 2.51. The highest BCUT2D eigenvalue weighted by Gasteiger charge is 2.16. The standard InChI is InChI=1S/C18H19BrO2/c1-18(2,3)13-7-5-12(6-8-13)17(20)15-11-14(21-4)9-10-16(15)19/h5-11H,1-4H3. The van der Waals surface area contributed by atoms with E-state index in [-0.39, 0.29) is 11.2 Å². The van der Waals surface area contributed by atoms with Crippen molar-refractivity contribution in [3.8, 4) is 5.75 Å². The number of carbonyl (C=O) groups is 1. The van der Waals surface area contributed by atoms with Gasteiger partial charge < -0.3 is 4.74 Å². The lowest BCUT2D eigenvalue weighted by Gasteiger charge is -2.19. The van der Waals surface area contributed by atoms with Gasteiger partial charge in [-0.05, 0) is 29.2 Å². The van der Waals surface area contributed by atoms with E-state index in [1.165, 1.54) is 5.56 Å². The molecule has 110 valence electrons. The Kier molecular flexibility index (Phi) is 4.52. The normalized spacial score (nSPS) is 11.3. The van der Waals surface area contributed by atoms with Crippen LogP contribution in [0.4, 0.5) is 0 Å². The summed E-state index contributed by atoms with van der Waals surface area (Å²) in [6, 6.07) is 13.2. The molecule has 0 atom stereocenters. The van der Waals surface area contributed by atoms with Gasteiger partial charge in [-0.3, -0.25) is 4.79 Å². The van der Waals surface area contributed by atoms with Gasteiger partial charge in [-0.1, -0.05) is 61.0 Å². The van der Waals surface area contributed by atoms with Gasteiger partial charge in [-0.2, -0.15) is 0 Å². The summed E-state index contributed by atoms with van der Waals surface area (Å²) in [6.45, 7) is 6.47. The zero-order valence-corrected chi connectivity index (χ0v) is 14.3. The molecular formula is C18H19BrO2. The average Bonchev–Trinajstić information content (AvgIpc) is 2.46. The average molecular weight is 347 g/mol. The van der Waals surface area contributed by atoms with Gasteiger partial charge in [0.15, 0.2) is 5.78 Å². The van der Waals surface area contributed by atoms with E-state index in [2.05, 4.69) is 36.7 Å². The molecule has 0 amide bonds. The minimum Gasteiger partial charge on any atom is -0.497 e. The number of hydrogen-bond donors (Lipinski definition) is 0. The van der Waals surface area contributed by atoms with E-state index in [9.17, 15) is 4.79 Å². The first kappa shape index (κ1) is 15.8. The van der Waals surface area contributed by atoms with E-state index >= 15 is 0 Å². The lowest BCUT2D eigenvalue weighted by Crippen LogP contribution is -2.11. The van der Waals surface area contributed by atoms with Crippen molar-refractivity contribution in [1.29, 1.82) is 0 Å². The van der Waals surface area contributed by atoms with Crippen molar-refractivity contribution in [3.05, 3.63) is 63.6 Å². The molecule has 0 radical (unpaired) electrons. The van der Waals surface area contributed by atoms with Crippen LogP contribution < -0.4 is 4.74 Å². The molecule has 0 unspecified atom stereocenters. The van der Waals surface area contributed by atoms with Gasteiger partial charge in [0.25, 0.3) is 0 Å². The second kappa shape index (κ2) is 6.02. The Morgan fingerprint density at radius 2 is 1.67 bits per heavy atom. The maximum atomic E-state index is 12.6. The van der Waals surface area contributed by atoms with Crippen LogP contribution in [0.2, 0.25) is 0 Å². The molecule has 0 N–H and O–H groups in total. The number of ketones is 1. The van der Waals surface area contributed by atoms with Crippen molar-refractivity contribution in [2.45, 2.75) is 26.2 Å². The molecule has 0 aliphatic rings. The smallest absolute Gasteiger partial charge is 0.194 e. The first-order valence-electron chi connectivity index (χ1n) is 6.81.